The van der Waals surface area contributed by atoms with Crippen LogP contribution in [-0.2, 0) is 4.79 Å². The van der Waals surface area contributed by atoms with E-state index < -0.39 is 0 Å². The molecular formula is C12H17N3O2. The van der Waals surface area contributed by atoms with Crippen molar-refractivity contribution in [3.8, 4) is 0 Å². The van der Waals surface area contributed by atoms with Crippen molar-refractivity contribution in [3.05, 3.63) is 24.3 Å². The first-order valence-electron chi connectivity index (χ1n) is 5.81. The maximum absolute atomic E-state index is 11.8. The number of carbonyl (C=O) groups is 1. The fraction of sp³-hybridized carbons (Fsp3) is 0.417. The summed E-state index contributed by atoms with van der Waals surface area (Å²) in [4.78, 5) is 13.9. The highest BCUT2D eigenvalue weighted by Crippen LogP contribution is 2.20. The Bertz CT molecular complexity index is 389. The van der Waals surface area contributed by atoms with Gasteiger partial charge in [0.15, 0.2) is 0 Å². The summed E-state index contributed by atoms with van der Waals surface area (Å²) < 4.78 is 0. The molecule has 17 heavy (non-hydrogen) atoms. The second kappa shape index (κ2) is 5.65. The van der Waals surface area contributed by atoms with Gasteiger partial charge in [0.25, 0.3) is 0 Å². The summed E-state index contributed by atoms with van der Waals surface area (Å²) in [7, 11) is 0. The molecule has 1 heterocycles. The van der Waals surface area contributed by atoms with E-state index in [0.29, 0.717) is 17.9 Å². The second-order valence-electron chi connectivity index (χ2n) is 4.19. The molecule has 1 fully saturated rings. The third-order valence-corrected chi connectivity index (χ3v) is 2.89. The Morgan fingerprint density at radius 3 is 2.53 bits per heavy atom. The van der Waals surface area contributed by atoms with Crippen molar-refractivity contribution in [2.75, 3.05) is 30.4 Å². The Hall–Kier alpha value is -1.59. The molecule has 2 rings (SSSR count). The normalized spacial score (nSPS) is 15.8. The first-order valence-corrected chi connectivity index (χ1v) is 5.81. The Morgan fingerprint density at radius 2 is 1.88 bits per heavy atom. The van der Waals surface area contributed by atoms with Crippen LogP contribution in [0.2, 0.25) is 0 Å². The minimum Gasteiger partial charge on any atom is -0.323 e. The molecule has 1 aromatic rings. The van der Waals surface area contributed by atoms with Gasteiger partial charge in [-0.1, -0.05) is 12.1 Å². The topological polar surface area (TPSA) is 64.6 Å². The average Bonchev–Trinajstić information content (AvgIpc) is 2.82. The lowest BCUT2D eigenvalue weighted by Gasteiger charge is -2.15. The lowest BCUT2D eigenvalue weighted by Crippen LogP contribution is -2.31. The smallest absolute Gasteiger partial charge is 0.238 e. The molecule has 0 aromatic heterocycles. The van der Waals surface area contributed by atoms with Crippen LogP contribution in [0.15, 0.2) is 24.3 Å². The van der Waals surface area contributed by atoms with E-state index in [4.69, 9.17) is 5.21 Å². The number of rotatable bonds is 4. The Balaban J connectivity index is 1.92. The van der Waals surface area contributed by atoms with E-state index in [2.05, 4.69) is 15.7 Å². The van der Waals surface area contributed by atoms with Crippen molar-refractivity contribution < 1.29 is 10.0 Å². The summed E-state index contributed by atoms with van der Waals surface area (Å²) in [5.41, 5.74) is 3.16. The van der Waals surface area contributed by atoms with E-state index in [1.165, 1.54) is 12.8 Å². The Labute approximate surface area is 100 Å². The van der Waals surface area contributed by atoms with Gasteiger partial charge in [-0.15, -0.1) is 0 Å². The van der Waals surface area contributed by atoms with Gasteiger partial charge in [-0.25, -0.2) is 0 Å². The number of benzene rings is 1. The molecule has 0 atom stereocenters. The molecule has 3 N–H and O–H groups in total. The Morgan fingerprint density at radius 1 is 1.24 bits per heavy atom. The molecule has 92 valence electrons. The zero-order valence-electron chi connectivity index (χ0n) is 9.65. The Kier molecular flexibility index (Phi) is 3.95. The number of hydrogen-bond acceptors (Lipinski definition) is 4. The zero-order valence-corrected chi connectivity index (χ0v) is 9.65. The van der Waals surface area contributed by atoms with Crippen LogP contribution in [0.1, 0.15) is 12.8 Å². The van der Waals surface area contributed by atoms with Crippen molar-refractivity contribution >= 4 is 17.3 Å². The maximum atomic E-state index is 11.8. The third-order valence-electron chi connectivity index (χ3n) is 2.89. The number of carbonyl (C=O) groups excluding carboxylic acids is 1. The first-order chi connectivity index (χ1) is 8.29. The van der Waals surface area contributed by atoms with E-state index in [9.17, 15) is 4.79 Å². The molecule has 1 aromatic carbocycles. The van der Waals surface area contributed by atoms with Gasteiger partial charge < -0.3 is 5.32 Å². The highest BCUT2D eigenvalue weighted by atomic mass is 16.5. The van der Waals surface area contributed by atoms with E-state index in [1.807, 2.05) is 6.07 Å². The summed E-state index contributed by atoms with van der Waals surface area (Å²) in [6.45, 7) is 2.40. The van der Waals surface area contributed by atoms with E-state index in [1.54, 1.807) is 18.2 Å². The quantitative estimate of drug-likeness (QED) is 0.692. The molecule has 0 spiro atoms. The van der Waals surface area contributed by atoms with Crippen LogP contribution in [-0.4, -0.2) is 35.6 Å². The molecule has 0 saturated carbocycles. The second-order valence-corrected chi connectivity index (χ2v) is 4.19. The summed E-state index contributed by atoms with van der Waals surface area (Å²) in [5, 5.41) is 11.7. The van der Waals surface area contributed by atoms with Crippen LogP contribution in [0.4, 0.5) is 11.4 Å². The average molecular weight is 235 g/mol. The predicted molar refractivity (Wildman–Crippen MR) is 66.2 cm³/mol. The van der Waals surface area contributed by atoms with Gasteiger partial charge >= 0.3 is 0 Å². The van der Waals surface area contributed by atoms with Gasteiger partial charge in [0.2, 0.25) is 5.91 Å². The number of hydrogen-bond donors (Lipinski definition) is 3. The molecule has 1 aliphatic rings. The lowest BCUT2D eigenvalue weighted by molar-refractivity contribution is -0.117. The van der Waals surface area contributed by atoms with Crippen molar-refractivity contribution in [3.63, 3.8) is 0 Å². The monoisotopic (exact) mass is 235 g/mol. The molecule has 0 unspecified atom stereocenters. The van der Waals surface area contributed by atoms with Crippen LogP contribution in [0.25, 0.3) is 0 Å². The number of nitrogens with zero attached hydrogens (tertiary/aromatic N) is 1. The maximum Gasteiger partial charge on any atom is 0.238 e. The van der Waals surface area contributed by atoms with Gasteiger partial charge in [0, 0.05) is 0 Å². The number of anilines is 2. The molecule has 1 saturated heterocycles. The molecular weight excluding hydrogens is 218 g/mol. The summed E-state index contributed by atoms with van der Waals surface area (Å²) in [6, 6.07) is 7.05. The van der Waals surface area contributed by atoms with E-state index in [-0.39, 0.29) is 5.91 Å². The summed E-state index contributed by atoms with van der Waals surface area (Å²) in [5.74, 6) is -0.0467. The first kappa shape index (κ1) is 11.9. The number of likely N-dealkylation sites (tertiary alicyclic amines) is 1. The molecule has 0 aliphatic carbocycles. The largest absolute Gasteiger partial charge is 0.323 e. The molecule has 0 radical (unpaired) electrons. The molecule has 5 heteroatoms. The number of amides is 1. The zero-order chi connectivity index (χ0) is 12.1. The third kappa shape index (κ3) is 3.18. The van der Waals surface area contributed by atoms with E-state index >= 15 is 0 Å². The van der Waals surface area contributed by atoms with E-state index in [0.717, 1.165) is 13.1 Å². The van der Waals surface area contributed by atoms with Crippen molar-refractivity contribution in [1.82, 2.24) is 4.90 Å². The number of nitrogens with one attached hydrogen (secondary N) is 2. The SMILES string of the molecule is O=C(CN1CCCC1)Nc1ccccc1NO. The highest BCUT2D eigenvalue weighted by Gasteiger charge is 2.15. The molecule has 1 aliphatic heterocycles. The fourth-order valence-electron chi connectivity index (χ4n) is 2.02. The molecule has 5 nitrogen and oxygen atoms in total. The van der Waals surface area contributed by atoms with Gasteiger partial charge in [-0.2, -0.15) is 0 Å². The van der Waals surface area contributed by atoms with Crippen LogP contribution < -0.4 is 10.8 Å². The highest BCUT2D eigenvalue weighted by molar-refractivity contribution is 5.95. The minimum atomic E-state index is -0.0467. The lowest BCUT2D eigenvalue weighted by atomic mass is 10.2. The predicted octanol–water partition coefficient (Wildman–Crippen LogP) is 1.52. The van der Waals surface area contributed by atoms with Gasteiger partial charge in [0.05, 0.1) is 17.9 Å². The summed E-state index contributed by atoms with van der Waals surface area (Å²) in [6.07, 6.45) is 2.34. The molecule has 0 bridgehead atoms. The van der Waals surface area contributed by atoms with Crippen molar-refractivity contribution in [2.24, 2.45) is 0 Å². The standard InChI is InChI=1S/C12H17N3O2/c16-12(9-15-7-3-4-8-15)13-10-5-1-2-6-11(10)14-17/h1-2,5-6,14,17H,3-4,7-9H2,(H,13,16). The van der Waals surface area contributed by atoms with Crippen molar-refractivity contribution in [2.45, 2.75) is 12.8 Å². The number of para-hydroxylation sites is 2. The fourth-order valence-corrected chi connectivity index (χ4v) is 2.02. The van der Waals surface area contributed by atoms with Crippen LogP contribution in [0.5, 0.6) is 0 Å². The van der Waals surface area contributed by atoms with Gasteiger partial charge in [-0.05, 0) is 38.1 Å². The van der Waals surface area contributed by atoms with Gasteiger partial charge in [0.1, 0.15) is 0 Å². The van der Waals surface area contributed by atoms with Crippen LogP contribution in [0, 0.1) is 0 Å². The van der Waals surface area contributed by atoms with Gasteiger partial charge in [-0.3, -0.25) is 20.4 Å². The van der Waals surface area contributed by atoms with Crippen molar-refractivity contribution in [1.29, 1.82) is 0 Å². The minimum absolute atomic E-state index is 0.0467. The van der Waals surface area contributed by atoms with Crippen LogP contribution >= 0.6 is 0 Å². The molecule has 1 amide bonds. The summed E-state index contributed by atoms with van der Waals surface area (Å²) >= 11 is 0. The van der Waals surface area contributed by atoms with Crippen LogP contribution in [0.3, 0.4) is 0 Å².